The van der Waals surface area contributed by atoms with Gasteiger partial charge in [-0.2, -0.15) is 0 Å². The van der Waals surface area contributed by atoms with Crippen LogP contribution in [0.2, 0.25) is 0 Å². The molecule has 0 aliphatic carbocycles. The molecule has 0 spiro atoms. The van der Waals surface area contributed by atoms with E-state index in [1.54, 1.807) is 12.2 Å². The van der Waals surface area contributed by atoms with Gasteiger partial charge < -0.3 is 10.8 Å². The third kappa shape index (κ3) is 1.69. The number of hydrogen-bond donors (Lipinski definition) is 2. The number of hydrogen-bond acceptors (Lipinski definition) is 4. The van der Waals surface area contributed by atoms with Crippen molar-refractivity contribution in [1.82, 2.24) is 4.98 Å². The first kappa shape index (κ1) is 9.67. The molecule has 2 rings (SSSR count). The maximum Gasteiger partial charge on any atom is 0.172 e. The minimum Gasteiger partial charge on any atom is -0.398 e. The molecule has 1 aromatic rings. The van der Waals surface area contributed by atoms with E-state index in [-0.39, 0.29) is 11.5 Å². The molecular formula is C10H10FN3O. The van der Waals surface area contributed by atoms with Gasteiger partial charge in [0.2, 0.25) is 0 Å². The SMILES string of the molecule is NC1=CC=CN(c2ncccc2F)C1O. The van der Waals surface area contributed by atoms with Crippen molar-refractivity contribution in [3.05, 3.63) is 48.2 Å². The van der Waals surface area contributed by atoms with Gasteiger partial charge in [-0.3, -0.25) is 4.90 Å². The van der Waals surface area contributed by atoms with E-state index in [2.05, 4.69) is 4.98 Å². The zero-order chi connectivity index (χ0) is 10.8. The first-order valence-corrected chi connectivity index (χ1v) is 4.41. The summed E-state index contributed by atoms with van der Waals surface area (Å²) in [7, 11) is 0. The third-order valence-electron chi connectivity index (χ3n) is 2.08. The zero-order valence-electron chi connectivity index (χ0n) is 7.84. The summed E-state index contributed by atoms with van der Waals surface area (Å²) in [6.45, 7) is 0. The van der Waals surface area contributed by atoms with Gasteiger partial charge in [0.1, 0.15) is 0 Å². The average Bonchev–Trinajstić information content (AvgIpc) is 2.23. The Morgan fingerprint density at radius 2 is 2.33 bits per heavy atom. The topological polar surface area (TPSA) is 62.4 Å². The Morgan fingerprint density at radius 1 is 1.53 bits per heavy atom. The van der Waals surface area contributed by atoms with Gasteiger partial charge in [-0.25, -0.2) is 9.37 Å². The lowest BCUT2D eigenvalue weighted by Gasteiger charge is -2.27. The van der Waals surface area contributed by atoms with Crippen LogP contribution >= 0.6 is 0 Å². The Labute approximate surface area is 86.2 Å². The second-order valence-corrected chi connectivity index (χ2v) is 3.10. The summed E-state index contributed by atoms with van der Waals surface area (Å²) in [4.78, 5) is 5.11. The van der Waals surface area contributed by atoms with Crippen molar-refractivity contribution in [1.29, 1.82) is 0 Å². The van der Waals surface area contributed by atoms with Crippen LogP contribution in [0.25, 0.3) is 0 Å². The van der Waals surface area contributed by atoms with E-state index >= 15 is 0 Å². The zero-order valence-corrected chi connectivity index (χ0v) is 7.84. The van der Waals surface area contributed by atoms with Crippen LogP contribution in [0.3, 0.4) is 0 Å². The summed E-state index contributed by atoms with van der Waals surface area (Å²) in [6.07, 6.45) is 5.08. The van der Waals surface area contributed by atoms with Crippen LogP contribution in [0.1, 0.15) is 0 Å². The van der Waals surface area contributed by atoms with Gasteiger partial charge in [-0.05, 0) is 24.3 Å². The quantitative estimate of drug-likeness (QED) is 0.712. The number of aliphatic hydroxyl groups excluding tert-OH is 1. The number of nitrogens with zero attached hydrogens (tertiary/aromatic N) is 2. The molecule has 0 bridgehead atoms. The van der Waals surface area contributed by atoms with Crippen molar-refractivity contribution in [2.75, 3.05) is 4.90 Å². The number of halogens is 1. The maximum absolute atomic E-state index is 13.4. The van der Waals surface area contributed by atoms with Gasteiger partial charge in [0.05, 0.1) is 5.70 Å². The van der Waals surface area contributed by atoms with Crippen LogP contribution < -0.4 is 10.6 Å². The second-order valence-electron chi connectivity index (χ2n) is 3.10. The number of nitrogens with two attached hydrogens (primary N) is 1. The minimum absolute atomic E-state index is 0.0531. The normalized spacial score (nSPS) is 20.3. The highest BCUT2D eigenvalue weighted by molar-refractivity contribution is 5.48. The van der Waals surface area contributed by atoms with Gasteiger partial charge in [-0.1, -0.05) is 0 Å². The van der Waals surface area contributed by atoms with Crippen LogP contribution in [-0.4, -0.2) is 16.3 Å². The lowest BCUT2D eigenvalue weighted by Crippen LogP contribution is -2.37. The molecule has 1 atom stereocenters. The Bertz CT molecular complexity index is 430. The van der Waals surface area contributed by atoms with Crippen LogP contribution in [-0.2, 0) is 0 Å². The van der Waals surface area contributed by atoms with Crippen LogP contribution in [0.5, 0.6) is 0 Å². The molecule has 0 saturated heterocycles. The summed E-state index contributed by atoms with van der Waals surface area (Å²) in [5.74, 6) is -0.451. The summed E-state index contributed by atoms with van der Waals surface area (Å²) in [5, 5.41) is 9.69. The van der Waals surface area contributed by atoms with Crippen molar-refractivity contribution in [2.24, 2.45) is 5.73 Å². The molecule has 2 heterocycles. The molecule has 3 N–H and O–H groups in total. The first-order valence-electron chi connectivity index (χ1n) is 4.41. The molecule has 0 radical (unpaired) electrons. The molecule has 1 aliphatic heterocycles. The summed E-state index contributed by atoms with van der Waals surface area (Å²) in [5.41, 5.74) is 5.78. The Morgan fingerprint density at radius 3 is 3.07 bits per heavy atom. The molecule has 78 valence electrons. The van der Waals surface area contributed by atoms with E-state index in [1.807, 2.05) is 0 Å². The highest BCUT2D eigenvalue weighted by atomic mass is 19.1. The lowest BCUT2D eigenvalue weighted by molar-refractivity contribution is 0.210. The molecular weight excluding hydrogens is 197 g/mol. The van der Waals surface area contributed by atoms with Gasteiger partial charge in [-0.15, -0.1) is 0 Å². The fraction of sp³-hybridized carbons (Fsp3) is 0.100. The fourth-order valence-corrected chi connectivity index (χ4v) is 1.33. The maximum atomic E-state index is 13.4. The van der Waals surface area contributed by atoms with Gasteiger partial charge >= 0.3 is 0 Å². The number of allylic oxidation sites excluding steroid dienone is 2. The molecule has 1 aliphatic rings. The van der Waals surface area contributed by atoms with Crippen LogP contribution in [0, 0.1) is 5.82 Å². The molecule has 0 amide bonds. The van der Waals surface area contributed by atoms with E-state index < -0.39 is 12.0 Å². The molecule has 1 aromatic heterocycles. The number of aromatic nitrogens is 1. The molecule has 0 saturated carbocycles. The number of pyridine rings is 1. The van der Waals surface area contributed by atoms with Gasteiger partial charge in [0, 0.05) is 12.4 Å². The first-order chi connectivity index (χ1) is 7.20. The Balaban J connectivity index is 2.37. The highest BCUT2D eigenvalue weighted by Crippen LogP contribution is 2.21. The monoisotopic (exact) mass is 207 g/mol. The molecule has 0 fully saturated rings. The van der Waals surface area contributed by atoms with E-state index in [0.29, 0.717) is 0 Å². The number of rotatable bonds is 1. The summed E-state index contributed by atoms with van der Waals surface area (Å²) in [6, 6.07) is 2.76. The highest BCUT2D eigenvalue weighted by Gasteiger charge is 2.21. The van der Waals surface area contributed by atoms with Crippen LogP contribution in [0.4, 0.5) is 10.2 Å². The minimum atomic E-state index is -1.07. The number of aliphatic hydroxyl groups is 1. The van der Waals surface area contributed by atoms with E-state index in [0.717, 1.165) is 0 Å². The van der Waals surface area contributed by atoms with Crippen molar-refractivity contribution in [2.45, 2.75) is 6.23 Å². The smallest absolute Gasteiger partial charge is 0.172 e. The standard InChI is InChI=1S/C10H10FN3O/c11-7-3-1-5-13-9(7)14-6-2-4-8(12)10(14)15/h1-6,10,15H,12H2. The summed E-state index contributed by atoms with van der Waals surface area (Å²) >= 11 is 0. The molecule has 15 heavy (non-hydrogen) atoms. The van der Waals surface area contributed by atoms with Gasteiger partial charge in [0.25, 0.3) is 0 Å². The molecule has 0 aromatic carbocycles. The van der Waals surface area contributed by atoms with Crippen molar-refractivity contribution in [3.8, 4) is 0 Å². The molecule has 5 heteroatoms. The molecule has 1 unspecified atom stereocenters. The third-order valence-corrected chi connectivity index (χ3v) is 2.08. The van der Waals surface area contributed by atoms with Crippen molar-refractivity contribution >= 4 is 5.82 Å². The largest absolute Gasteiger partial charge is 0.398 e. The van der Waals surface area contributed by atoms with Crippen molar-refractivity contribution in [3.63, 3.8) is 0 Å². The fourth-order valence-electron chi connectivity index (χ4n) is 1.33. The lowest BCUT2D eigenvalue weighted by atomic mass is 10.2. The van der Waals surface area contributed by atoms with Gasteiger partial charge in [0.15, 0.2) is 17.9 Å². The van der Waals surface area contributed by atoms with E-state index in [9.17, 15) is 9.50 Å². The Kier molecular flexibility index (Phi) is 2.39. The van der Waals surface area contributed by atoms with E-state index in [1.165, 1.54) is 29.4 Å². The van der Waals surface area contributed by atoms with Crippen molar-refractivity contribution < 1.29 is 9.50 Å². The Hall–Kier alpha value is -1.88. The van der Waals surface area contributed by atoms with E-state index in [4.69, 9.17) is 5.73 Å². The second kappa shape index (κ2) is 3.70. The predicted molar refractivity (Wildman–Crippen MR) is 54.1 cm³/mol. The average molecular weight is 207 g/mol. The number of anilines is 1. The predicted octanol–water partition coefficient (Wildman–Crippen LogP) is 0.715. The molecule has 4 nitrogen and oxygen atoms in total. The van der Waals surface area contributed by atoms with Crippen LogP contribution in [0.15, 0.2) is 42.4 Å². The summed E-state index contributed by atoms with van der Waals surface area (Å²) < 4.78 is 13.4.